The van der Waals surface area contributed by atoms with Crippen molar-refractivity contribution in [3.8, 4) is 0 Å². The number of nitrogens with one attached hydrogen (secondary N) is 1. The number of hydrogen-bond acceptors (Lipinski definition) is 3. The second kappa shape index (κ2) is 5.93. The van der Waals surface area contributed by atoms with Gasteiger partial charge in [-0.05, 0) is 31.2 Å². The summed E-state index contributed by atoms with van der Waals surface area (Å²) in [5.41, 5.74) is 0.991. The zero-order valence-electron chi connectivity index (χ0n) is 11.2. The lowest BCUT2D eigenvalue weighted by Crippen LogP contribution is -2.22. The van der Waals surface area contributed by atoms with E-state index < -0.39 is 11.7 Å². The van der Waals surface area contributed by atoms with Crippen LogP contribution in [0.2, 0.25) is 0 Å². The standard InChI is InChI=1S/C14H15F3N2S/c1-3-18-13(12-8-20-9(2)19-12)10-4-6-11(7-5-10)14(15,16)17/h4-8,13,18H,3H2,1-2H3. The average Bonchev–Trinajstić information content (AvgIpc) is 2.81. The van der Waals surface area contributed by atoms with Gasteiger partial charge in [0.05, 0.1) is 22.3 Å². The minimum absolute atomic E-state index is 0.174. The Hall–Kier alpha value is -1.40. The van der Waals surface area contributed by atoms with Crippen LogP contribution in [-0.4, -0.2) is 11.5 Å². The summed E-state index contributed by atoms with van der Waals surface area (Å²) in [6.07, 6.45) is -4.30. The highest BCUT2D eigenvalue weighted by Gasteiger charge is 2.30. The molecule has 0 fully saturated rings. The van der Waals surface area contributed by atoms with Crippen LogP contribution < -0.4 is 5.32 Å². The van der Waals surface area contributed by atoms with E-state index >= 15 is 0 Å². The van der Waals surface area contributed by atoms with Gasteiger partial charge in [-0.15, -0.1) is 11.3 Å². The molecule has 1 aromatic carbocycles. The van der Waals surface area contributed by atoms with E-state index in [1.54, 1.807) is 0 Å². The van der Waals surface area contributed by atoms with Gasteiger partial charge in [0.2, 0.25) is 0 Å². The minimum atomic E-state index is -4.30. The molecule has 1 N–H and O–H groups in total. The van der Waals surface area contributed by atoms with Gasteiger partial charge in [-0.3, -0.25) is 0 Å². The molecule has 0 aliphatic heterocycles. The van der Waals surface area contributed by atoms with Crippen molar-refractivity contribution in [3.63, 3.8) is 0 Å². The summed E-state index contributed by atoms with van der Waals surface area (Å²) in [5, 5.41) is 6.12. The third-order valence-electron chi connectivity index (χ3n) is 2.91. The summed E-state index contributed by atoms with van der Waals surface area (Å²) < 4.78 is 37.7. The molecule has 0 aliphatic rings. The summed E-state index contributed by atoms with van der Waals surface area (Å²) in [6, 6.07) is 5.06. The zero-order valence-corrected chi connectivity index (χ0v) is 12.0. The second-order valence-corrected chi connectivity index (χ2v) is 5.46. The molecule has 0 saturated heterocycles. The second-order valence-electron chi connectivity index (χ2n) is 4.40. The molecular formula is C14H15F3N2S. The molecule has 0 bridgehead atoms. The molecule has 2 nitrogen and oxygen atoms in total. The summed E-state index contributed by atoms with van der Waals surface area (Å²) in [7, 11) is 0. The maximum absolute atomic E-state index is 12.6. The molecule has 20 heavy (non-hydrogen) atoms. The van der Waals surface area contributed by atoms with E-state index in [1.807, 2.05) is 19.2 Å². The van der Waals surface area contributed by atoms with Crippen LogP contribution in [0.15, 0.2) is 29.6 Å². The van der Waals surface area contributed by atoms with Crippen molar-refractivity contribution < 1.29 is 13.2 Å². The number of benzene rings is 1. The highest BCUT2D eigenvalue weighted by molar-refractivity contribution is 7.09. The molecule has 0 aliphatic carbocycles. The Kier molecular flexibility index (Phi) is 4.45. The van der Waals surface area contributed by atoms with Crippen LogP contribution in [0.4, 0.5) is 13.2 Å². The van der Waals surface area contributed by atoms with Crippen molar-refractivity contribution >= 4 is 11.3 Å². The Labute approximate surface area is 119 Å². The quantitative estimate of drug-likeness (QED) is 0.916. The fraction of sp³-hybridized carbons (Fsp3) is 0.357. The van der Waals surface area contributed by atoms with Gasteiger partial charge in [0.15, 0.2) is 0 Å². The van der Waals surface area contributed by atoms with E-state index in [-0.39, 0.29) is 6.04 Å². The van der Waals surface area contributed by atoms with Gasteiger partial charge >= 0.3 is 6.18 Å². The summed E-state index contributed by atoms with van der Waals surface area (Å²) in [6.45, 7) is 4.57. The van der Waals surface area contributed by atoms with Crippen molar-refractivity contribution in [2.75, 3.05) is 6.54 Å². The van der Waals surface area contributed by atoms with Gasteiger partial charge in [0.25, 0.3) is 0 Å². The van der Waals surface area contributed by atoms with Crippen LogP contribution in [0.1, 0.15) is 34.8 Å². The molecule has 1 unspecified atom stereocenters. The molecule has 1 heterocycles. The van der Waals surface area contributed by atoms with Crippen LogP contribution in [0.5, 0.6) is 0 Å². The third kappa shape index (κ3) is 3.37. The maximum Gasteiger partial charge on any atom is 0.416 e. The van der Waals surface area contributed by atoms with Gasteiger partial charge in [-0.25, -0.2) is 4.98 Å². The first-order chi connectivity index (χ1) is 9.41. The topological polar surface area (TPSA) is 24.9 Å². The first-order valence-electron chi connectivity index (χ1n) is 6.24. The number of alkyl halides is 3. The van der Waals surface area contributed by atoms with E-state index in [4.69, 9.17) is 0 Å². The SMILES string of the molecule is CCNC(c1ccc(C(F)(F)F)cc1)c1csc(C)n1. The van der Waals surface area contributed by atoms with E-state index in [0.717, 1.165) is 28.4 Å². The van der Waals surface area contributed by atoms with E-state index in [1.165, 1.54) is 23.5 Å². The molecule has 0 spiro atoms. The van der Waals surface area contributed by atoms with Gasteiger partial charge in [0, 0.05) is 5.38 Å². The molecule has 0 saturated carbocycles. The summed E-state index contributed by atoms with van der Waals surface area (Å²) in [4.78, 5) is 4.41. The minimum Gasteiger partial charge on any atom is -0.305 e. The molecule has 0 radical (unpaired) electrons. The molecule has 6 heteroatoms. The Balaban J connectivity index is 2.30. The predicted octanol–water partition coefficient (Wildman–Crippen LogP) is 4.17. The molecule has 0 amide bonds. The maximum atomic E-state index is 12.6. The first-order valence-corrected chi connectivity index (χ1v) is 7.12. The molecule has 108 valence electrons. The fourth-order valence-electron chi connectivity index (χ4n) is 1.97. The van der Waals surface area contributed by atoms with Gasteiger partial charge < -0.3 is 5.32 Å². The molecule has 2 rings (SSSR count). The van der Waals surface area contributed by atoms with E-state index in [2.05, 4.69) is 10.3 Å². The monoisotopic (exact) mass is 300 g/mol. The van der Waals surface area contributed by atoms with Crippen LogP contribution in [0, 0.1) is 6.92 Å². The van der Waals surface area contributed by atoms with Crippen molar-refractivity contribution in [2.45, 2.75) is 26.1 Å². The smallest absolute Gasteiger partial charge is 0.305 e. The Morgan fingerprint density at radius 1 is 1.25 bits per heavy atom. The fourth-order valence-corrected chi connectivity index (χ4v) is 2.61. The molecular weight excluding hydrogens is 285 g/mol. The lowest BCUT2D eigenvalue weighted by molar-refractivity contribution is -0.137. The Morgan fingerprint density at radius 2 is 1.90 bits per heavy atom. The Bertz CT molecular complexity index is 561. The van der Waals surface area contributed by atoms with Crippen LogP contribution >= 0.6 is 11.3 Å². The van der Waals surface area contributed by atoms with Crippen LogP contribution in [0.25, 0.3) is 0 Å². The van der Waals surface area contributed by atoms with Crippen molar-refractivity contribution in [3.05, 3.63) is 51.5 Å². The summed E-state index contributed by atoms with van der Waals surface area (Å²) >= 11 is 1.53. The number of aromatic nitrogens is 1. The Morgan fingerprint density at radius 3 is 2.35 bits per heavy atom. The highest BCUT2D eigenvalue weighted by atomic mass is 32.1. The van der Waals surface area contributed by atoms with E-state index in [9.17, 15) is 13.2 Å². The average molecular weight is 300 g/mol. The number of hydrogen-bond donors (Lipinski definition) is 1. The number of rotatable bonds is 4. The van der Waals surface area contributed by atoms with Gasteiger partial charge in [-0.2, -0.15) is 13.2 Å². The van der Waals surface area contributed by atoms with Crippen LogP contribution in [-0.2, 0) is 6.18 Å². The largest absolute Gasteiger partial charge is 0.416 e. The molecule has 1 atom stereocenters. The van der Waals surface area contributed by atoms with Gasteiger partial charge in [-0.1, -0.05) is 19.1 Å². The molecule has 2 aromatic rings. The van der Waals surface area contributed by atoms with Crippen molar-refractivity contribution in [1.82, 2.24) is 10.3 Å². The summed E-state index contributed by atoms with van der Waals surface area (Å²) in [5.74, 6) is 0. The highest BCUT2D eigenvalue weighted by Crippen LogP contribution is 2.31. The lowest BCUT2D eigenvalue weighted by Gasteiger charge is -2.17. The van der Waals surface area contributed by atoms with Gasteiger partial charge in [0.1, 0.15) is 0 Å². The normalized spacial score (nSPS) is 13.4. The van der Waals surface area contributed by atoms with Crippen molar-refractivity contribution in [2.24, 2.45) is 0 Å². The van der Waals surface area contributed by atoms with Crippen LogP contribution in [0.3, 0.4) is 0 Å². The first kappa shape index (κ1) is 15.0. The number of nitrogens with zero attached hydrogens (tertiary/aromatic N) is 1. The predicted molar refractivity (Wildman–Crippen MR) is 73.8 cm³/mol. The number of halogens is 3. The van der Waals surface area contributed by atoms with E-state index in [0.29, 0.717) is 6.54 Å². The number of aryl methyl sites for hydroxylation is 1. The third-order valence-corrected chi connectivity index (χ3v) is 3.70. The molecule has 1 aromatic heterocycles. The zero-order chi connectivity index (χ0) is 14.8. The van der Waals surface area contributed by atoms with Crippen molar-refractivity contribution in [1.29, 1.82) is 0 Å². The number of thiazole rings is 1. The lowest BCUT2D eigenvalue weighted by atomic mass is 10.0.